The van der Waals surface area contributed by atoms with Crippen molar-refractivity contribution in [2.45, 2.75) is 25.8 Å². The molecule has 0 unspecified atom stereocenters. The van der Waals surface area contributed by atoms with E-state index in [9.17, 15) is 14.4 Å². The van der Waals surface area contributed by atoms with E-state index in [1.165, 1.54) is 0 Å². The number of hydrogen-bond acceptors (Lipinski definition) is 3. The Morgan fingerprint density at radius 3 is 2.28 bits per heavy atom. The second kappa shape index (κ2) is 8.67. The van der Waals surface area contributed by atoms with Crippen molar-refractivity contribution in [1.82, 2.24) is 10.2 Å². The van der Waals surface area contributed by atoms with E-state index in [0.717, 1.165) is 21.6 Å². The highest BCUT2D eigenvalue weighted by molar-refractivity contribution is 6.10. The van der Waals surface area contributed by atoms with Crippen LogP contribution >= 0.6 is 0 Å². The fraction of sp³-hybridized carbons (Fsp3) is 0.192. The Balaban J connectivity index is 1.61. The SMILES string of the molecule is Cc1ccc(C)c(NC(=O)CN2C(=O)N[C@@](Cc3ccccc3)(c3ccccc3)C2=O)c1. The molecule has 4 rings (SSSR count). The number of carbonyl (C=O) groups is 3. The molecular weight excluding hydrogens is 402 g/mol. The lowest BCUT2D eigenvalue weighted by molar-refractivity contribution is -0.134. The Morgan fingerprint density at radius 2 is 1.59 bits per heavy atom. The summed E-state index contributed by atoms with van der Waals surface area (Å²) in [5, 5.41) is 5.70. The topological polar surface area (TPSA) is 78.5 Å². The predicted octanol–water partition coefficient (Wildman–Crippen LogP) is 3.93. The summed E-state index contributed by atoms with van der Waals surface area (Å²) in [5.74, 6) is -0.862. The molecule has 6 nitrogen and oxygen atoms in total. The van der Waals surface area contributed by atoms with E-state index in [-0.39, 0.29) is 13.0 Å². The van der Waals surface area contributed by atoms with Gasteiger partial charge in [0, 0.05) is 12.1 Å². The lowest BCUT2D eigenvalue weighted by atomic mass is 9.83. The van der Waals surface area contributed by atoms with Gasteiger partial charge in [0.15, 0.2) is 5.54 Å². The maximum Gasteiger partial charge on any atom is 0.325 e. The largest absolute Gasteiger partial charge is 0.325 e. The fourth-order valence-electron chi connectivity index (χ4n) is 4.02. The van der Waals surface area contributed by atoms with Gasteiger partial charge in [0.05, 0.1) is 0 Å². The minimum atomic E-state index is -1.26. The zero-order valence-corrected chi connectivity index (χ0v) is 18.1. The van der Waals surface area contributed by atoms with E-state index in [1.807, 2.05) is 92.7 Å². The van der Waals surface area contributed by atoms with Gasteiger partial charge in [0.25, 0.3) is 5.91 Å². The van der Waals surface area contributed by atoms with Crippen molar-refractivity contribution in [3.63, 3.8) is 0 Å². The number of urea groups is 1. The van der Waals surface area contributed by atoms with Crippen LogP contribution in [-0.2, 0) is 21.5 Å². The number of nitrogens with one attached hydrogen (secondary N) is 2. The maximum atomic E-state index is 13.6. The standard InChI is InChI=1S/C26H25N3O3/c1-18-13-14-19(2)22(15-18)27-23(30)17-29-24(31)26(28-25(29)32,21-11-7-4-8-12-21)16-20-9-5-3-6-10-20/h3-15H,16-17H2,1-2H3,(H,27,30)(H,28,32)/t26-/m0/s1. The smallest absolute Gasteiger partial charge is 0.324 e. The van der Waals surface area contributed by atoms with Gasteiger partial charge in [-0.2, -0.15) is 0 Å². The number of nitrogens with zero attached hydrogens (tertiary/aromatic N) is 1. The van der Waals surface area contributed by atoms with Crippen molar-refractivity contribution in [2.75, 3.05) is 11.9 Å². The number of amides is 4. The predicted molar refractivity (Wildman–Crippen MR) is 123 cm³/mol. The molecule has 3 aromatic rings. The first-order valence-corrected chi connectivity index (χ1v) is 10.5. The molecule has 1 fully saturated rings. The van der Waals surface area contributed by atoms with Crippen molar-refractivity contribution >= 4 is 23.5 Å². The molecule has 32 heavy (non-hydrogen) atoms. The number of anilines is 1. The Bertz CT molecular complexity index is 1160. The van der Waals surface area contributed by atoms with Crippen molar-refractivity contribution < 1.29 is 14.4 Å². The van der Waals surface area contributed by atoms with E-state index in [2.05, 4.69) is 10.6 Å². The van der Waals surface area contributed by atoms with Crippen LogP contribution in [0, 0.1) is 13.8 Å². The quantitative estimate of drug-likeness (QED) is 0.585. The Hall–Kier alpha value is -3.93. The molecular formula is C26H25N3O3. The molecule has 0 aromatic heterocycles. The van der Waals surface area contributed by atoms with Crippen LogP contribution < -0.4 is 10.6 Å². The Kier molecular flexibility index (Phi) is 5.77. The van der Waals surface area contributed by atoms with Gasteiger partial charge in [-0.05, 0) is 42.2 Å². The number of rotatable bonds is 6. The number of imide groups is 1. The highest BCUT2D eigenvalue weighted by atomic mass is 16.2. The van der Waals surface area contributed by atoms with Crippen molar-refractivity contribution in [3.05, 3.63) is 101 Å². The van der Waals surface area contributed by atoms with Crippen LogP contribution in [0.1, 0.15) is 22.3 Å². The van der Waals surface area contributed by atoms with Gasteiger partial charge in [-0.1, -0.05) is 72.8 Å². The Morgan fingerprint density at radius 1 is 0.938 bits per heavy atom. The number of aryl methyl sites for hydroxylation is 2. The molecule has 2 N–H and O–H groups in total. The highest BCUT2D eigenvalue weighted by Gasteiger charge is 2.52. The third-order valence-corrected chi connectivity index (χ3v) is 5.72. The third kappa shape index (κ3) is 4.12. The Labute approximate surface area is 187 Å². The highest BCUT2D eigenvalue weighted by Crippen LogP contribution is 2.33. The summed E-state index contributed by atoms with van der Waals surface area (Å²) in [6.45, 7) is 3.47. The van der Waals surface area contributed by atoms with Crippen LogP contribution in [0.15, 0.2) is 78.9 Å². The van der Waals surface area contributed by atoms with Crippen molar-refractivity contribution in [3.8, 4) is 0 Å². The van der Waals surface area contributed by atoms with Crippen molar-refractivity contribution in [1.29, 1.82) is 0 Å². The van der Waals surface area contributed by atoms with E-state index in [1.54, 1.807) is 0 Å². The molecule has 1 saturated heterocycles. The average Bonchev–Trinajstić information content (AvgIpc) is 3.02. The molecule has 0 spiro atoms. The first-order chi connectivity index (χ1) is 15.4. The van der Waals surface area contributed by atoms with E-state index in [0.29, 0.717) is 11.3 Å². The van der Waals surface area contributed by atoms with Crippen molar-refractivity contribution in [2.24, 2.45) is 0 Å². The summed E-state index contributed by atoms with van der Waals surface area (Å²) in [6, 6.07) is 23.8. The summed E-state index contributed by atoms with van der Waals surface area (Å²) < 4.78 is 0. The summed E-state index contributed by atoms with van der Waals surface area (Å²) in [7, 11) is 0. The zero-order valence-electron chi connectivity index (χ0n) is 18.1. The second-order valence-electron chi connectivity index (χ2n) is 8.12. The van der Waals surface area contributed by atoms with Gasteiger partial charge in [0.2, 0.25) is 5.91 Å². The molecule has 162 valence electrons. The van der Waals surface area contributed by atoms with Gasteiger partial charge in [-0.25, -0.2) is 4.79 Å². The van der Waals surface area contributed by atoms with Crippen LogP contribution in [0.5, 0.6) is 0 Å². The monoisotopic (exact) mass is 427 g/mol. The van der Waals surface area contributed by atoms with Crippen LogP contribution in [0.2, 0.25) is 0 Å². The van der Waals surface area contributed by atoms with Crippen LogP contribution in [0.3, 0.4) is 0 Å². The number of benzene rings is 3. The van der Waals surface area contributed by atoms with Crippen LogP contribution in [-0.4, -0.2) is 29.3 Å². The van der Waals surface area contributed by atoms with E-state index in [4.69, 9.17) is 0 Å². The molecule has 1 atom stereocenters. The first-order valence-electron chi connectivity index (χ1n) is 10.5. The minimum absolute atomic E-state index is 0.289. The van der Waals surface area contributed by atoms with Crippen LogP contribution in [0.25, 0.3) is 0 Å². The molecule has 0 radical (unpaired) electrons. The molecule has 1 aliphatic heterocycles. The molecule has 0 bridgehead atoms. The number of hydrogen-bond donors (Lipinski definition) is 2. The molecule has 1 heterocycles. The van der Waals surface area contributed by atoms with Crippen LogP contribution in [0.4, 0.5) is 10.5 Å². The molecule has 4 amide bonds. The average molecular weight is 428 g/mol. The minimum Gasteiger partial charge on any atom is -0.324 e. The van der Waals surface area contributed by atoms with E-state index < -0.39 is 23.4 Å². The summed E-state index contributed by atoms with van der Waals surface area (Å²) >= 11 is 0. The molecule has 0 saturated carbocycles. The van der Waals surface area contributed by atoms with Gasteiger partial charge in [-0.15, -0.1) is 0 Å². The van der Waals surface area contributed by atoms with E-state index >= 15 is 0 Å². The summed E-state index contributed by atoms with van der Waals surface area (Å²) in [4.78, 5) is 40.2. The molecule has 6 heteroatoms. The third-order valence-electron chi connectivity index (χ3n) is 5.72. The molecule has 1 aliphatic rings. The number of carbonyl (C=O) groups excluding carboxylic acids is 3. The maximum absolute atomic E-state index is 13.6. The summed E-state index contributed by atoms with van der Waals surface area (Å²) in [5.41, 5.74) is 2.90. The van der Waals surface area contributed by atoms with Gasteiger partial charge in [-0.3, -0.25) is 14.5 Å². The van der Waals surface area contributed by atoms with Gasteiger partial charge >= 0.3 is 6.03 Å². The van der Waals surface area contributed by atoms with Gasteiger partial charge in [0.1, 0.15) is 6.54 Å². The molecule has 0 aliphatic carbocycles. The fourth-order valence-corrected chi connectivity index (χ4v) is 4.02. The summed E-state index contributed by atoms with van der Waals surface area (Å²) in [6.07, 6.45) is 0.289. The van der Waals surface area contributed by atoms with Gasteiger partial charge < -0.3 is 10.6 Å². The lowest BCUT2D eigenvalue weighted by Gasteiger charge is -2.27. The first kappa shape index (κ1) is 21.3. The zero-order chi connectivity index (χ0) is 22.7. The lowest BCUT2D eigenvalue weighted by Crippen LogP contribution is -2.46. The second-order valence-corrected chi connectivity index (χ2v) is 8.12. The molecule has 3 aromatic carbocycles. The normalized spacial score (nSPS) is 17.9.